The molecule has 0 bridgehead atoms. The number of amides is 2. The van der Waals surface area contributed by atoms with Gasteiger partial charge in [0.05, 0.1) is 0 Å². The second kappa shape index (κ2) is 5.11. The standard InChI is InChI=1S/C5H11N3O/c6-3-1-2-4-8-5(7)9/h2,4H,1,3,6H2,(H3,7,8,9). The van der Waals surface area contributed by atoms with Gasteiger partial charge < -0.3 is 16.8 Å². The van der Waals surface area contributed by atoms with Gasteiger partial charge in [0.15, 0.2) is 0 Å². The van der Waals surface area contributed by atoms with E-state index < -0.39 is 6.03 Å². The molecule has 0 aromatic heterocycles. The lowest BCUT2D eigenvalue weighted by Crippen LogP contribution is -2.23. The summed E-state index contributed by atoms with van der Waals surface area (Å²) >= 11 is 0. The molecule has 0 fully saturated rings. The van der Waals surface area contributed by atoms with E-state index in [4.69, 9.17) is 11.5 Å². The second-order valence-electron chi connectivity index (χ2n) is 1.49. The maximum absolute atomic E-state index is 9.99. The van der Waals surface area contributed by atoms with E-state index in [0.717, 1.165) is 6.42 Å². The molecule has 0 aliphatic carbocycles. The van der Waals surface area contributed by atoms with Gasteiger partial charge in [0.1, 0.15) is 0 Å². The van der Waals surface area contributed by atoms with E-state index in [2.05, 4.69) is 5.32 Å². The predicted molar refractivity (Wildman–Crippen MR) is 35.5 cm³/mol. The summed E-state index contributed by atoms with van der Waals surface area (Å²) < 4.78 is 0. The summed E-state index contributed by atoms with van der Waals surface area (Å²) in [4.78, 5) is 9.99. The van der Waals surface area contributed by atoms with Crippen LogP contribution in [0.15, 0.2) is 12.3 Å². The quantitative estimate of drug-likeness (QED) is 0.481. The summed E-state index contributed by atoms with van der Waals surface area (Å²) in [6.07, 6.45) is 3.97. The van der Waals surface area contributed by atoms with Crippen LogP contribution in [0.5, 0.6) is 0 Å². The van der Waals surface area contributed by atoms with Crippen molar-refractivity contribution in [3.8, 4) is 0 Å². The first-order valence-electron chi connectivity index (χ1n) is 2.68. The van der Waals surface area contributed by atoms with Crippen LogP contribution in [0.25, 0.3) is 0 Å². The molecule has 9 heavy (non-hydrogen) atoms. The molecular formula is C5H11N3O. The van der Waals surface area contributed by atoms with Crippen LogP contribution in [0.4, 0.5) is 4.79 Å². The molecular weight excluding hydrogens is 118 g/mol. The number of nitrogens with two attached hydrogens (primary N) is 2. The Morgan fingerprint density at radius 1 is 1.67 bits per heavy atom. The number of carbonyl (C=O) groups excluding carboxylic acids is 1. The summed E-state index contributed by atoms with van der Waals surface area (Å²) in [6, 6.07) is -0.553. The molecule has 0 radical (unpaired) electrons. The molecule has 0 aliphatic heterocycles. The number of primary amides is 1. The largest absolute Gasteiger partial charge is 0.351 e. The first-order valence-corrected chi connectivity index (χ1v) is 2.68. The highest BCUT2D eigenvalue weighted by Crippen LogP contribution is 1.73. The highest BCUT2D eigenvalue weighted by molar-refractivity contribution is 5.72. The Labute approximate surface area is 53.9 Å². The zero-order valence-electron chi connectivity index (χ0n) is 5.13. The van der Waals surface area contributed by atoms with Gasteiger partial charge in [-0.3, -0.25) is 0 Å². The molecule has 0 heterocycles. The molecule has 4 heteroatoms. The fourth-order valence-corrected chi connectivity index (χ4v) is 0.321. The van der Waals surface area contributed by atoms with E-state index in [-0.39, 0.29) is 0 Å². The smallest absolute Gasteiger partial charge is 0.316 e. The van der Waals surface area contributed by atoms with Crippen LogP contribution in [0.2, 0.25) is 0 Å². The molecule has 0 unspecified atom stereocenters. The van der Waals surface area contributed by atoms with Gasteiger partial charge in [0, 0.05) is 6.20 Å². The van der Waals surface area contributed by atoms with Crippen LogP contribution >= 0.6 is 0 Å². The Morgan fingerprint density at radius 3 is 2.78 bits per heavy atom. The Kier molecular flexibility index (Phi) is 4.53. The summed E-state index contributed by atoms with van der Waals surface area (Å²) in [5.74, 6) is 0. The minimum Gasteiger partial charge on any atom is -0.351 e. The minimum atomic E-state index is -0.553. The van der Waals surface area contributed by atoms with Gasteiger partial charge in [-0.2, -0.15) is 0 Å². The third-order valence-corrected chi connectivity index (χ3v) is 0.677. The van der Waals surface area contributed by atoms with Gasteiger partial charge in [-0.05, 0) is 13.0 Å². The van der Waals surface area contributed by atoms with Crippen molar-refractivity contribution in [2.24, 2.45) is 11.5 Å². The normalized spacial score (nSPS) is 9.89. The van der Waals surface area contributed by atoms with Crippen molar-refractivity contribution in [3.63, 3.8) is 0 Å². The van der Waals surface area contributed by atoms with Crippen LogP contribution in [-0.2, 0) is 0 Å². The highest BCUT2D eigenvalue weighted by atomic mass is 16.2. The Bertz CT molecular complexity index is 111. The van der Waals surface area contributed by atoms with Gasteiger partial charge in [0.25, 0.3) is 0 Å². The number of rotatable bonds is 3. The number of nitrogens with one attached hydrogen (secondary N) is 1. The maximum Gasteiger partial charge on any atom is 0.316 e. The van der Waals surface area contributed by atoms with Crippen molar-refractivity contribution in [1.29, 1.82) is 0 Å². The number of carbonyl (C=O) groups is 1. The zero-order valence-corrected chi connectivity index (χ0v) is 5.13. The fourth-order valence-electron chi connectivity index (χ4n) is 0.321. The van der Waals surface area contributed by atoms with Gasteiger partial charge in [-0.1, -0.05) is 6.08 Å². The third-order valence-electron chi connectivity index (χ3n) is 0.677. The molecule has 0 saturated heterocycles. The lowest BCUT2D eigenvalue weighted by atomic mass is 10.4. The zero-order chi connectivity index (χ0) is 7.11. The molecule has 0 aliphatic rings. The van der Waals surface area contributed by atoms with Crippen molar-refractivity contribution < 1.29 is 4.79 Å². The monoisotopic (exact) mass is 129 g/mol. The summed E-state index contributed by atoms with van der Waals surface area (Å²) in [5, 5.41) is 2.28. The number of urea groups is 1. The van der Waals surface area contributed by atoms with E-state index in [9.17, 15) is 4.79 Å². The summed E-state index contributed by atoms with van der Waals surface area (Å²) in [5.41, 5.74) is 9.89. The van der Waals surface area contributed by atoms with E-state index in [1.54, 1.807) is 6.08 Å². The molecule has 0 spiro atoms. The van der Waals surface area contributed by atoms with Crippen LogP contribution in [-0.4, -0.2) is 12.6 Å². The van der Waals surface area contributed by atoms with E-state index in [1.807, 2.05) is 0 Å². The van der Waals surface area contributed by atoms with Crippen LogP contribution in [0.3, 0.4) is 0 Å². The van der Waals surface area contributed by atoms with Crippen molar-refractivity contribution in [1.82, 2.24) is 5.32 Å². The van der Waals surface area contributed by atoms with E-state index in [0.29, 0.717) is 6.54 Å². The van der Waals surface area contributed by atoms with Crippen molar-refractivity contribution in [2.45, 2.75) is 6.42 Å². The third kappa shape index (κ3) is 6.97. The molecule has 2 amide bonds. The summed E-state index contributed by atoms with van der Waals surface area (Å²) in [6.45, 7) is 0.580. The van der Waals surface area contributed by atoms with Crippen LogP contribution in [0, 0.1) is 0 Å². The Balaban J connectivity index is 3.14. The number of hydrogen-bond acceptors (Lipinski definition) is 2. The lowest BCUT2D eigenvalue weighted by molar-refractivity contribution is 0.252. The lowest BCUT2D eigenvalue weighted by Gasteiger charge is -1.88. The first kappa shape index (κ1) is 7.97. The van der Waals surface area contributed by atoms with Crippen LogP contribution in [0.1, 0.15) is 6.42 Å². The molecule has 0 atom stereocenters. The van der Waals surface area contributed by atoms with Gasteiger partial charge in [-0.15, -0.1) is 0 Å². The Morgan fingerprint density at radius 2 is 2.33 bits per heavy atom. The van der Waals surface area contributed by atoms with Gasteiger partial charge >= 0.3 is 6.03 Å². The van der Waals surface area contributed by atoms with E-state index >= 15 is 0 Å². The maximum atomic E-state index is 9.99. The average Bonchev–Trinajstić information content (AvgIpc) is 1.80. The van der Waals surface area contributed by atoms with Crippen LogP contribution < -0.4 is 16.8 Å². The fraction of sp³-hybridized carbons (Fsp3) is 0.400. The highest BCUT2D eigenvalue weighted by Gasteiger charge is 1.80. The first-order chi connectivity index (χ1) is 4.27. The molecule has 0 rings (SSSR count). The van der Waals surface area contributed by atoms with E-state index in [1.165, 1.54) is 6.20 Å². The second-order valence-corrected chi connectivity index (χ2v) is 1.49. The van der Waals surface area contributed by atoms with Gasteiger partial charge in [0.2, 0.25) is 0 Å². The average molecular weight is 129 g/mol. The van der Waals surface area contributed by atoms with Crippen molar-refractivity contribution in [2.75, 3.05) is 6.54 Å². The number of hydrogen-bond donors (Lipinski definition) is 3. The van der Waals surface area contributed by atoms with Gasteiger partial charge in [-0.25, -0.2) is 4.79 Å². The van der Waals surface area contributed by atoms with Crippen molar-refractivity contribution >= 4 is 6.03 Å². The topological polar surface area (TPSA) is 81.1 Å². The minimum absolute atomic E-state index is 0.553. The molecule has 4 nitrogen and oxygen atoms in total. The molecule has 5 N–H and O–H groups in total. The molecule has 0 aromatic carbocycles. The summed E-state index contributed by atoms with van der Waals surface area (Å²) in [7, 11) is 0. The van der Waals surface area contributed by atoms with Crippen molar-refractivity contribution in [3.05, 3.63) is 12.3 Å². The molecule has 0 aromatic rings. The SMILES string of the molecule is NCCC=CNC(N)=O. The molecule has 52 valence electrons. The molecule has 0 saturated carbocycles. The predicted octanol–water partition coefficient (Wildman–Crippen LogP) is -0.483. The Hall–Kier alpha value is -1.03.